The maximum Gasteiger partial charge on any atom is 0.573 e. The number of ether oxygens (including phenoxy) is 2. The van der Waals surface area contributed by atoms with Gasteiger partial charge in [-0.05, 0) is 6.07 Å². The van der Waals surface area contributed by atoms with E-state index in [1.54, 1.807) is 0 Å². The number of hydrogen-bond donors (Lipinski definition) is 0. The van der Waals surface area contributed by atoms with E-state index < -0.39 is 22.7 Å². The van der Waals surface area contributed by atoms with Crippen molar-refractivity contribution in [2.75, 3.05) is 7.11 Å². The van der Waals surface area contributed by atoms with Gasteiger partial charge in [-0.15, -0.1) is 13.2 Å². The molecule has 0 heterocycles. The summed E-state index contributed by atoms with van der Waals surface area (Å²) in [6, 6.07) is 2.69. The zero-order valence-corrected chi connectivity index (χ0v) is 7.95. The third-order valence-corrected chi connectivity index (χ3v) is 1.58. The summed E-state index contributed by atoms with van der Waals surface area (Å²) < 4.78 is 44.0. The Balaban J connectivity index is 3.12. The van der Waals surface area contributed by atoms with E-state index in [-0.39, 0.29) is 5.75 Å². The quantitative estimate of drug-likeness (QED) is 0.598. The second-order valence-corrected chi connectivity index (χ2v) is 2.64. The Labute approximate surface area is 87.5 Å². The van der Waals surface area contributed by atoms with Gasteiger partial charge < -0.3 is 9.47 Å². The highest BCUT2D eigenvalue weighted by atomic mass is 19.4. The second kappa shape index (κ2) is 4.25. The van der Waals surface area contributed by atoms with Crippen molar-refractivity contribution in [2.45, 2.75) is 6.36 Å². The van der Waals surface area contributed by atoms with Crippen LogP contribution in [-0.2, 0) is 0 Å². The summed E-state index contributed by atoms with van der Waals surface area (Å²) in [4.78, 5) is 9.52. The summed E-state index contributed by atoms with van der Waals surface area (Å²) in [5.41, 5.74) is -0.514. The van der Waals surface area contributed by atoms with E-state index in [4.69, 9.17) is 0 Å². The fraction of sp³-hybridized carbons (Fsp3) is 0.250. The van der Waals surface area contributed by atoms with Crippen LogP contribution in [0, 0.1) is 10.1 Å². The molecule has 0 aliphatic rings. The summed E-state index contributed by atoms with van der Waals surface area (Å²) in [6.45, 7) is 0. The van der Waals surface area contributed by atoms with Crippen molar-refractivity contribution in [3.05, 3.63) is 28.3 Å². The van der Waals surface area contributed by atoms with Gasteiger partial charge in [0.15, 0.2) is 11.5 Å². The SMILES string of the molecule is COc1ccc([N+](=O)[O-])cc1OC(F)(F)F. The molecule has 8 heteroatoms. The van der Waals surface area contributed by atoms with Gasteiger partial charge in [0.25, 0.3) is 5.69 Å². The topological polar surface area (TPSA) is 61.6 Å². The summed E-state index contributed by atoms with van der Waals surface area (Å²) in [5, 5.41) is 10.3. The lowest BCUT2D eigenvalue weighted by Crippen LogP contribution is -2.17. The van der Waals surface area contributed by atoms with Crippen LogP contribution in [0.4, 0.5) is 18.9 Å². The van der Waals surface area contributed by atoms with Crippen molar-refractivity contribution in [1.29, 1.82) is 0 Å². The van der Waals surface area contributed by atoms with Crippen LogP contribution in [0.2, 0.25) is 0 Å². The molecule has 0 aliphatic carbocycles. The fourth-order valence-corrected chi connectivity index (χ4v) is 0.983. The van der Waals surface area contributed by atoms with Crippen LogP contribution in [0.3, 0.4) is 0 Å². The van der Waals surface area contributed by atoms with Crippen molar-refractivity contribution in [2.24, 2.45) is 0 Å². The zero-order chi connectivity index (χ0) is 12.3. The summed E-state index contributed by atoms with van der Waals surface area (Å²) in [5.74, 6) is -0.980. The molecule has 0 bridgehead atoms. The first-order valence-corrected chi connectivity index (χ1v) is 3.91. The lowest BCUT2D eigenvalue weighted by molar-refractivity contribution is -0.385. The van der Waals surface area contributed by atoms with Gasteiger partial charge in [-0.1, -0.05) is 0 Å². The molecule has 0 radical (unpaired) electrons. The summed E-state index contributed by atoms with van der Waals surface area (Å²) >= 11 is 0. The van der Waals surface area contributed by atoms with E-state index in [0.29, 0.717) is 6.07 Å². The van der Waals surface area contributed by atoms with Crippen LogP contribution >= 0.6 is 0 Å². The van der Waals surface area contributed by atoms with Crippen molar-refractivity contribution >= 4 is 5.69 Å². The van der Waals surface area contributed by atoms with E-state index in [1.807, 2.05) is 0 Å². The van der Waals surface area contributed by atoms with E-state index in [2.05, 4.69) is 9.47 Å². The van der Waals surface area contributed by atoms with Crippen LogP contribution in [0.25, 0.3) is 0 Å². The molecule has 0 aromatic heterocycles. The lowest BCUT2D eigenvalue weighted by Gasteiger charge is -2.11. The number of alkyl halides is 3. The molecule has 0 atom stereocenters. The number of hydrogen-bond acceptors (Lipinski definition) is 4. The largest absolute Gasteiger partial charge is 0.573 e. The monoisotopic (exact) mass is 237 g/mol. The van der Waals surface area contributed by atoms with Gasteiger partial charge in [0.2, 0.25) is 0 Å². The standard InChI is InChI=1S/C8H6F3NO4/c1-15-6-3-2-5(12(13)14)4-7(6)16-8(9,10)11/h2-4H,1H3. The number of nitrogens with zero attached hydrogens (tertiary/aromatic N) is 1. The molecule has 88 valence electrons. The molecule has 16 heavy (non-hydrogen) atoms. The Morgan fingerprint density at radius 3 is 2.38 bits per heavy atom. The zero-order valence-electron chi connectivity index (χ0n) is 7.95. The van der Waals surface area contributed by atoms with Gasteiger partial charge >= 0.3 is 6.36 Å². The predicted octanol–water partition coefficient (Wildman–Crippen LogP) is 2.50. The summed E-state index contributed by atoms with van der Waals surface area (Å²) in [7, 11) is 1.13. The minimum Gasteiger partial charge on any atom is -0.493 e. The number of nitro groups is 1. The third kappa shape index (κ3) is 3.01. The number of benzene rings is 1. The van der Waals surface area contributed by atoms with E-state index in [9.17, 15) is 23.3 Å². The number of methoxy groups -OCH3 is 1. The van der Waals surface area contributed by atoms with Gasteiger partial charge in [0, 0.05) is 6.07 Å². The van der Waals surface area contributed by atoms with Crippen LogP contribution in [0.5, 0.6) is 11.5 Å². The minimum absolute atomic E-state index is 0.233. The number of rotatable bonds is 3. The molecule has 0 saturated heterocycles. The normalized spacial score (nSPS) is 11.0. The van der Waals surface area contributed by atoms with Gasteiger partial charge in [0.05, 0.1) is 18.1 Å². The Hall–Kier alpha value is -1.99. The van der Waals surface area contributed by atoms with Gasteiger partial charge in [0.1, 0.15) is 0 Å². The lowest BCUT2D eigenvalue weighted by atomic mass is 10.3. The van der Waals surface area contributed by atoms with Crippen molar-refractivity contribution in [3.8, 4) is 11.5 Å². The molecular weight excluding hydrogens is 231 g/mol. The number of nitro benzene ring substituents is 1. The van der Waals surface area contributed by atoms with Crippen LogP contribution in [0.1, 0.15) is 0 Å². The molecule has 0 spiro atoms. The first-order chi connectivity index (χ1) is 7.33. The molecule has 0 amide bonds. The predicted molar refractivity (Wildman–Crippen MR) is 46.3 cm³/mol. The van der Waals surface area contributed by atoms with Crippen molar-refractivity contribution < 1.29 is 27.6 Å². The molecule has 1 aromatic rings. The fourth-order valence-electron chi connectivity index (χ4n) is 0.983. The molecule has 1 aromatic carbocycles. The van der Waals surface area contributed by atoms with Crippen LogP contribution in [0.15, 0.2) is 18.2 Å². The van der Waals surface area contributed by atoms with Gasteiger partial charge in [-0.3, -0.25) is 10.1 Å². The molecule has 1 rings (SSSR count). The van der Waals surface area contributed by atoms with Crippen molar-refractivity contribution in [1.82, 2.24) is 0 Å². The highest BCUT2D eigenvalue weighted by Crippen LogP contribution is 2.34. The van der Waals surface area contributed by atoms with Crippen LogP contribution < -0.4 is 9.47 Å². The van der Waals surface area contributed by atoms with E-state index in [0.717, 1.165) is 19.2 Å². The Morgan fingerprint density at radius 2 is 1.94 bits per heavy atom. The first kappa shape index (κ1) is 12.1. The minimum atomic E-state index is -4.93. The maximum atomic E-state index is 11.9. The molecule has 0 saturated carbocycles. The number of non-ortho nitro benzene ring substituents is 1. The highest BCUT2D eigenvalue weighted by molar-refractivity contribution is 5.48. The van der Waals surface area contributed by atoms with E-state index in [1.165, 1.54) is 0 Å². The summed E-state index contributed by atoms with van der Waals surface area (Å²) in [6.07, 6.45) is -4.93. The average Bonchev–Trinajstić information content (AvgIpc) is 2.15. The van der Waals surface area contributed by atoms with Crippen molar-refractivity contribution in [3.63, 3.8) is 0 Å². The molecular formula is C8H6F3NO4. The molecule has 0 unspecified atom stereocenters. The van der Waals surface area contributed by atoms with Crippen LogP contribution in [-0.4, -0.2) is 18.4 Å². The maximum absolute atomic E-state index is 11.9. The highest BCUT2D eigenvalue weighted by Gasteiger charge is 2.33. The second-order valence-electron chi connectivity index (χ2n) is 2.64. The Kier molecular flexibility index (Phi) is 3.21. The average molecular weight is 237 g/mol. The first-order valence-electron chi connectivity index (χ1n) is 3.91. The van der Waals surface area contributed by atoms with Gasteiger partial charge in [-0.25, -0.2) is 0 Å². The number of halogens is 3. The van der Waals surface area contributed by atoms with Gasteiger partial charge in [-0.2, -0.15) is 0 Å². The van der Waals surface area contributed by atoms with E-state index >= 15 is 0 Å². The third-order valence-electron chi connectivity index (χ3n) is 1.58. The Bertz CT molecular complexity index is 405. The molecule has 0 aliphatic heterocycles. The molecule has 0 N–H and O–H groups in total. The molecule has 5 nitrogen and oxygen atoms in total. The Morgan fingerprint density at radius 1 is 1.31 bits per heavy atom. The molecule has 0 fully saturated rings. The smallest absolute Gasteiger partial charge is 0.493 e.